The number of ether oxygens (including phenoxy) is 10. The first-order chi connectivity index (χ1) is 30.1. The van der Waals surface area contributed by atoms with E-state index in [1.54, 1.807) is 0 Å². The van der Waals surface area contributed by atoms with Gasteiger partial charge in [-0.25, -0.2) is 0 Å². The van der Waals surface area contributed by atoms with Gasteiger partial charge in [-0.05, 0) is 19.4 Å². The molecule has 0 spiro atoms. The average Bonchev–Trinajstić information content (AvgIpc) is 3.28. The SMILES string of the molecule is NCCCCCCOC1OC(CO)C(OC2OC(CO)C(OC3OC(CO)C(OC4OC(CO)C(OC5OC(CO)C(O)C(O)C5O)C(O)C4O)C(O)C3O)C(O)C2O)C(O)C1O. The van der Waals surface area contributed by atoms with Gasteiger partial charge < -0.3 is 135 Å². The van der Waals surface area contributed by atoms with Gasteiger partial charge in [0.2, 0.25) is 0 Å². The monoisotopic (exact) mass is 927 g/mol. The second-order valence-corrected chi connectivity index (χ2v) is 16.0. The van der Waals surface area contributed by atoms with Crippen molar-refractivity contribution in [2.75, 3.05) is 46.2 Å². The Kier molecular flexibility index (Phi) is 20.4. The quantitative estimate of drug-likeness (QED) is 0.0504. The second-order valence-electron chi connectivity index (χ2n) is 16.0. The highest BCUT2D eigenvalue weighted by Crippen LogP contribution is 2.35. The zero-order valence-corrected chi connectivity index (χ0v) is 34.0. The molecule has 0 radical (unpaired) electrons. The van der Waals surface area contributed by atoms with Crippen LogP contribution in [0.3, 0.4) is 0 Å². The molecule has 5 saturated heterocycles. The molecule has 5 fully saturated rings. The van der Waals surface area contributed by atoms with Crippen LogP contribution in [-0.4, -0.2) is 281 Å². The van der Waals surface area contributed by atoms with Crippen LogP contribution in [0.25, 0.3) is 0 Å². The third kappa shape index (κ3) is 12.0. The highest BCUT2D eigenvalue weighted by Gasteiger charge is 2.56. The molecule has 63 heavy (non-hydrogen) atoms. The van der Waals surface area contributed by atoms with Crippen LogP contribution in [0.5, 0.6) is 0 Å². The van der Waals surface area contributed by atoms with E-state index < -0.39 is 187 Å². The molecular formula is C36H65NO26. The van der Waals surface area contributed by atoms with Crippen LogP contribution in [0, 0.1) is 0 Å². The second kappa shape index (κ2) is 24.3. The van der Waals surface area contributed by atoms with Gasteiger partial charge in [0.15, 0.2) is 31.5 Å². The minimum Gasteiger partial charge on any atom is -0.394 e. The fourth-order valence-corrected chi connectivity index (χ4v) is 7.96. The van der Waals surface area contributed by atoms with Gasteiger partial charge in [-0.1, -0.05) is 12.8 Å². The molecule has 0 aromatic rings. The summed E-state index contributed by atoms with van der Waals surface area (Å²) < 4.78 is 55.9. The van der Waals surface area contributed by atoms with Crippen molar-refractivity contribution in [2.24, 2.45) is 5.73 Å². The van der Waals surface area contributed by atoms with Crippen LogP contribution in [0.1, 0.15) is 25.7 Å². The van der Waals surface area contributed by atoms with Crippen molar-refractivity contribution in [3.05, 3.63) is 0 Å². The topological polar surface area (TPSA) is 442 Å². The molecule has 0 bridgehead atoms. The molecule has 0 aromatic carbocycles. The molecule has 5 heterocycles. The smallest absolute Gasteiger partial charge is 0.187 e. The predicted molar refractivity (Wildman–Crippen MR) is 198 cm³/mol. The van der Waals surface area contributed by atoms with Crippen molar-refractivity contribution in [1.82, 2.24) is 0 Å². The first-order valence-corrected chi connectivity index (χ1v) is 20.8. The van der Waals surface area contributed by atoms with Gasteiger partial charge in [0, 0.05) is 6.61 Å². The Labute approximate surface area is 360 Å². The maximum atomic E-state index is 11.2. The summed E-state index contributed by atoms with van der Waals surface area (Å²) in [6.07, 6.45) is -41.5. The number of aliphatic hydroxyl groups excluding tert-OH is 16. The Morgan fingerprint density at radius 2 is 0.603 bits per heavy atom. The minimum atomic E-state index is -2.11. The van der Waals surface area contributed by atoms with Crippen LogP contribution in [0.2, 0.25) is 0 Å². The first-order valence-electron chi connectivity index (χ1n) is 20.8. The normalized spacial score (nSPS) is 48.6. The van der Waals surface area contributed by atoms with Gasteiger partial charge in [0.05, 0.1) is 33.0 Å². The van der Waals surface area contributed by atoms with E-state index in [2.05, 4.69) is 0 Å². The summed E-state index contributed by atoms with van der Waals surface area (Å²) in [7, 11) is 0. The molecule has 5 aliphatic rings. The molecule has 0 aliphatic carbocycles. The lowest BCUT2D eigenvalue weighted by molar-refractivity contribution is -0.393. The summed E-state index contributed by atoms with van der Waals surface area (Å²) in [4.78, 5) is 0. The maximum absolute atomic E-state index is 11.2. The number of hydrogen-bond donors (Lipinski definition) is 17. The summed E-state index contributed by atoms with van der Waals surface area (Å²) in [6.45, 7) is -3.70. The molecule has 25 atom stereocenters. The summed E-state index contributed by atoms with van der Waals surface area (Å²) in [6, 6.07) is 0. The Morgan fingerprint density at radius 1 is 0.317 bits per heavy atom. The highest BCUT2D eigenvalue weighted by atomic mass is 16.8. The van der Waals surface area contributed by atoms with Crippen molar-refractivity contribution < 1.29 is 129 Å². The average molecular weight is 928 g/mol. The van der Waals surface area contributed by atoms with Gasteiger partial charge in [-0.15, -0.1) is 0 Å². The van der Waals surface area contributed by atoms with E-state index in [1.165, 1.54) is 0 Å². The third-order valence-corrected chi connectivity index (χ3v) is 11.7. The third-order valence-electron chi connectivity index (χ3n) is 11.7. The molecule has 18 N–H and O–H groups in total. The standard InChI is InChI=1S/C36H65NO26/c37-5-3-1-2-4-6-54-32-24(50)19(45)28(13(8-39)56-32)61-34-26(52)21(47)30(15(10-41)58-34)63-36-27(53)22(48)31(16(11-42)59-36)62-35-25(51)20(46)29(14(9-40)57-35)60-33-23(49)18(44)17(43)12(7-38)55-33/h12-36,38-53H,1-11,37H2. The van der Waals surface area contributed by atoms with Gasteiger partial charge in [-0.2, -0.15) is 0 Å². The molecule has 0 saturated carbocycles. The maximum Gasteiger partial charge on any atom is 0.187 e. The zero-order chi connectivity index (χ0) is 46.3. The van der Waals surface area contributed by atoms with E-state index in [-0.39, 0.29) is 6.61 Å². The first kappa shape index (κ1) is 52.9. The van der Waals surface area contributed by atoms with E-state index >= 15 is 0 Å². The molecular weight excluding hydrogens is 862 g/mol. The van der Waals surface area contributed by atoms with E-state index in [0.717, 1.165) is 19.3 Å². The Bertz CT molecular complexity index is 1320. The van der Waals surface area contributed by atoms with Crippen molar-refractivity contribution in [2.45, 2.75) is 179 Å². The Hall–Kier alpha value is -1.08. The lowest BCUT2D eigenvalue weighted by Crippen LogP contribution is -2.68. The van der Waals surface area contributed by atoms with Crippen LogP contribution in [-0.2, 0) is 47.4 Å². The van der Waals surface area contributed by atoms with E-state index in [4.69, 9.17) is 53.1 Å². The lowest BCUT2D eigenvalue weighted by atomic mass is 9.95. The summed E-state index contributed by atoms with van der Waals surface area (Å²) in [5, 5.41) is 169. The van der Waals surface area contributed by atoms with E-state index in [0.29, 0.717) is 13.0 Å². The number of unbranched alkanes of at least 4 members (excludes halogenated alkanes) is 3. The summed E-state index contributed by atoms with van der Waals surface area (Å²) >= 11 is 0. The fourth-order valence-electron chi connectivity index (χ4n) is 7.96. The number of hydrogen-bond acceptors (Lipinski definition) is 27. The molecule has 0 aromatic heterocycles. The van der Waals surface area contributed by atoms with Crippen LogP contribution < -0.4 is 5.73 Å². The van der Waals surface area contributed by atoms with Crippen LogP contribution >= 0.6 is 0 Å². The Balaban J connectivity index is 1.19. The minimum absolute atomic E-state index is 0.158. The van der Waals surface area contributed by atoms with Gasteiger partial charge in [0.25, 0.3) is 0 Å². The molecule has 27 nitrogen and oxygen atoms in total. The van der Waals surface area contributed by atoms with Gasteiger partial charge in [-0.3, -0.25) is 0 Å². The summed E-state index contributed by atoms with van der Waals surface area (Å²) in [5.74, 6) is 0. The largest absolute Gasteiger partial charge is 0.394 e. The predicted octanol–water partition coefficient (Wildman–Crippen LogP) is -10.4. The highest BCUT2D eigenvalue weighted by molar-refractivity contribution is 4.99. The number of rotatable bonds is 20. The van der Waals surface area contributed by atoms with Crippen LogP contribution in [0.15, 0.2) is 0 Å². The zero-order valence-electron chi connectivity index (χ0n) is 34.0. The van der Waals surface area contributed by atoms with Crippen molar-refractivity contribution in [3.63, 3.8) is 0 Å². The van der Waals surface area contributed by atoms with Crippen LogP contribution in [0.4, 0.5) is 0 Å². The summed E-state index contributed by atoms with van der Waals surface area (Å²) in [5.41, 5.74) is 5.49. The molecule has 25 unspecified atom stereocenters. The molecule has 5 aliphatic heterocycles. The molecule has 5 rings (SSSR count). The van der Waals surface area contributed by atoms with Gasteiger partial charge in [0.1, 0.15) is 122 Å². The van der Waals surface area contributed by atoms with Crippen molar-refractivity contribution >= 4 is 0 Å². The van der Waals surface area contributed by atoms with E-state index in [9.17, 15) is 81.7 Å². The number of nitrogens with two attached hydrogens (primary N) is 1. The van der Waals surface area contributed by atoms with Crippen molar-refractivity contribution in [1.29, 1.82) is 0 Å². The fraction of sp³-hybridized carbons (Fsp3) is 1.00. The van der Waals surface area contributed by atoms with Gasteiger partial charge >= 0.3 is 0 Å². The molecule has 27 heteroatoms. The molecule has 370 valence electrons. The lowest BCUT2D eigenvalue weighted by Gasteiger charge is -2.49. The van der Waals surface area contributed by atoms with E-state index in [1.807, 2.05) is 0 Å². The Morgan fingerprint density at radius 3 is 0.937 bits per heavy atom. The molecule has 0 amide bonds. The van der Waals surface area contributed by atoms with Crippen molar-refractivity contribution in [3.8, 4) is 0 Å². The number of aliphatic hydroxyl groups is 16.